The molecule has 1 amide bonds. The zero-order chi connectivity index (χ0) is 16.3. The lowest BCUT2D eigenvalue weighted by atomic mass is 10.2. The fourth-order valence-corrected chi connectivity index (χ4v) is 4.03. The second kappa shape index (κ2) is 6.62. The van der Waals surface area contributed by atoms with Gasteiger partial charge in [0.15, 0.2) is 9.84 Å². The summed E-state index contributed by atoms with van der Waals surface area (Å²) in [5, 5.41) is 0. The van der Waals surface area contributed by atoms with Gasteiger partial charge >= 0.3 is 0 Å². The molecule has 2 heterocycles. The maximum atomic E-state index is 12.4. The van der Waals surface area contributed by atoms with Crippen LogP contribution in [0.1, 0.15) is 6.42 Å². The topological polar surface area (TPSA) is 79.8 Å². The Labute approximate surface area is 130 Å². The fourth-order valence-electron chi connectivity index (χ4n) is 2.34. The minimum absolute atomic E-state index is 0.0269. The van der Waals surface area contributed by atoms with E-state index in [9.17, 15) is 13.2 Å². The number of rotatable bonds is 4. The van der Waals surface area contributed by atoms with Crippen LogP contribution in [0.3, 0.4) is 0 Å². The van der Waals surface area contributed by atoms with Crippen LogP contribution >= 0.6 is 0 Å². The molecule has 1 saturated heterocycles. The first-order valence-electron chi connectivity index (χ1n) is 6.99. The maximum absolute atomic E-state index is 12.4. The third kappa shape index (κ3) is 3.95. The van der Waals surface area contributed by atoms with Gasteiger partial charge in [0.25, 0.3) is 0 Å². The highest BCUT2D eigenvalue weighted by molar-refractivity contribution is 7.91. The van der Waals surface area contributed by atoms with Crippen LogP contribution in [0.15, 0.2) is 18.3 Å². The predicted molar refractivity (Wildman–Crippen MR) is 83.9 cm³/mol. The monoisotopic (exact) mass is 327 g/mol. The van der Waals surface area contributed by atoms with E-state index in [4.69, 9.17) is 4.74 Å². The fraction of sp³-hybridized carbons (Fsp3) is 0.571. The average molecular weight is 327 g/mol. The molecule has 122 valence electrons. The van der Waals surface area contributed by atoms with Crippen LogP contribution in [0.25, 0.3) is 0 Å². The van der Waals surface area contributed by atoms with Crippen molar-refractivity contribution in [3.8, 4) is 5.75 Å². The quantitative estimate of drug-likeness (QED) is 0.784. The van der Waals surface area contributed by atoms with Crippen molar-refractivity contribution in [1.82, 2.24) is 9.88 Å². The number of pyridine rings is 1. The molecule has 0 saturated carbocycles. The summed E-state index contributed by atoms with van der Waals surface area (Å²) in [5.74, 6) is 1.14. The number of amides is 1. The Morgan fingerprint density at radius 1 is 1.50 bits per heavy atom. The molecule has 1 aliphatic rings. The highest BCUT2D eigenvalue weighted by atomic mass is 32.2. The van der Waals surface area contributed by atoms with Gasteiger partial charge in [0.1, 0.15) is 11.6 Å². The van der Waals surface area contributed by atoms with Crippen molar-refractivity contribution >= 4 is 21.6 Å². The molecular formula is C14H21N3O4S. The lowest BCUT2D eigenvalue weighted by Crippen LogP contribution is -2.48. The summed E-state index contributed by atoms with van der Waals surface area (Å²) in [5.41, 5.74) is 0. The Morgan fingerprint density at radius 3 is 2.82 bits per heavy atom. The van der Waals surface area contributed by atoms with Gasteiger partial charge in [-0.2, -0.15) is 0 Å². The summed E-state index contributed by atoms with van der Waals surface area (Å²) in [7, 11) is 1.97. The third-order valence-electron chi connectivity index (χ3n) is 3.91. The van der Waals surface area contributed by atoms with E-state index in [-0.39, 0.29) is 29.9 Å². The van der Waals surface area contributed by atoms with Crippen LogP contribution < -0.4 is 9.64 Å². The van der Waals surface area contributed by atoms with Gasteiger partial charge in [-0.05, 0) is 19.2 Å². The van der Waals surface area contributed by atoms with Crippen molar-refractivity contribution in [2.75, 3.05) is 44.2 Å². The number of hydrogen-bond donors (Lipinski definition) is 0. The van der Waals surface area contributed by atoms with Crippen LogP contribution in [-0.4, -0.2) is 69.5 Å². The smallest absolute Gasteiger partial charge is 0.229 e. The molecule has 0 aliphatic carbocycles. The van der Waals surface area contributed by atoms with Crippen LogP contribution in [0, 0.1) is 0 Å². The van der Waals surface area contributed by atoms with Gasteiger partial charge < -0.3 is 9.64 Å². The van der Waals surface area contributed by atoms with Crippen molar-refractivity contribution in [3.05, 3.63) is 18.3 Å². The molecule has 0 bridgehead atoms. The van der Waals surface area contributed by atoms with Crippen molar-refractivity contribution in [1.29, 1.82) is 0 Å². The van der Waals surface area contributed by atoms with Crippen LogP contribution in [0.5, 0.6) is 5.75 Å². The standard InChI is InChI=1S/C14H21N3O4S/c1-16-6-7-22(19,20)10-11(16)8-14(18)17(2)13-5-4-12(21-3)9-15-13/h4-5,9,11H,6-8,10H2,1-3H3. The molecule has 2 rings (SSSR count). The van der Waals surface area contributed by atoms with E-state index in [1.165, 1.54) is 11.1 Å². The van der Waals surface area contributed by atoms with Gasteiger partial charge in [-0.3, -0.25) is 9.69 Å². The molecule has 7 nitrogen and oxygen atoms in total. The molecule has 8 heteroatoms. The largest absolute Gasteiger partial charge is 0.495 e. The maximum Gasteiger partial charge on any atom is 0.229 e. The van der Waals surface area contributed by atoms with Gasteiger partial charge in [0.05, 0.1) is 24.8 Å². The molecule has 1 aliphatic heterocycles. The van der Waals surface area contributed by atoms with E-state index in [0.717, 1.165) is 0 Å². The van der Waals surface area contributed by atoms with Crippen molar-refractivity contribution in [2.24, 2.45) is 0 Å². The van der Waals surface area contributed by atoms with Crippen LogP contribution in [-0.2, 0) is 14.6 Å². The molecular weight excluding hydrogens is 306 g/mol. The van der Waals surface area contributed by atoms with Gasteiger partial charge in [0, 0.05) is 26.1 Å². The first-order chi connectivity index (χ1) is 10.3. The Kier molecular flexibility index (Phi) is 5.02. The molecule has 1 unspecified atom stereocenters. The van der Waals surface area contributed by atoms with Gasteiger partial charge in [-0.1, -0.05) is 0 Å². The molecule has 1 atom stereocenters. The Hall–Kier alpha value is -1.67. The number of carbonyl (C=O) groups is 1. The summed E-state index contributed by atoms with van der Waals surface area (Å²) in [6.45, 7) is 0.463. The molecule has 0 N–H and O–H groups in total. The van der Waals surface area contributed by atoms with Crippen LogP contribution in [0.2, 0.25) is 0 Å². The second-order valence-electron chi connectivity index (χ2n) is 5.46. The lowest BCUT2D eigenvalue weighted by Gasteiger charge is -2.32. The summed E-state index contributed by atoms with van der Waals surface area (Å²) >= 11 is 0. The van der Waals surface area contributed by atoms with Crippen molar-refractivity contribution < 1.29 is 17.9 Å². The highest BCUT2D eigenvalue weighted by Crippen LogP contribution is 2.18. The number of methoxy groups -OCH3 is 1. The molecule has 0 aromatic carbocycles. The minimum Gasteiger partial charge on any atom is -0.495 e. The van der Waals surface area contributed by atoms with E-state index in [1.807, 2.05) is 11.9 Å². The molecule has 1 aromatic heterocycles. The Bertz CT molecular complexity index is 630. The summed E-state index contributed by atoms with van der Waals surface area (Å²) < 4.78 is 28.5. The normalized spacial score (nSPS) is 21.3. The van der Waals surface area contributed by atoms with Crippen molar-refractivity contribution in [2.45, 2.75) is 12.5 Å². The van der Waals surface area contributed by atoms with E-state index in [1.54, 1.807) is 26.3 Å². The molecule has 1 aromatic rings. The SMILES string of the molecule is COc1ccc(N(C)C(=O)CC2CS(=O)(=O)CCN2C)nc1. The Morgan fingerprint density at radius 2 is 2.23 bits per heavy atom. The highest BCUT2D eigenvalue weighted by Gasteiger charge is 2.31. The van der Waals surface area contributed by atoms with Crippen LogP contribution in [0.4, 0.5) is 5.82 Å². The number of ether oxygens (including phenoxy) is 1. The van der Waals surface area contributed by atoms with Gasteiger partial charge in [-0.15, -0.1) is 0 Å². The first kappa shape index (κ1) is 16.7. The Balaban J connectivity index is 2.03. The van der Waals surface area contributed by atoms with E-state index < -0.39 is 9.84 Å². The predicted octanol–water partition coefficient (Wildman–Crippen LogP) is 0.172. The summed E-state index contributed by atoms with van der Waals surface area (Å²) in [6.07, 6.45) is 1.69. The molecule has 1 fully saturated rings. The van der Waals surface area contributed by atoms with Gasteiger partial charge in [-0.25, -0.2) is 13.4 Å². The molecule has 0 radical (unpaired) electrons. The zero-order valence-corrected chi connectivity index (χ0v) is 13.8. The summed E-state index contributed by atoms with van der Waals surface area (Å²) in [4.78, 5) is 19.9. The van der Waals surface area contributed by atoms with E-state index >= 15 is 0 Å². The van der Waals surface area contributed by atoms with Gasteiger partial charge in [0.2, 0.25) is 5.91 Å². The molecule has 22 heavy (non-hydrogen) atoms. The number of aromatic nitrogens is 1. The minimum atomic E-state index is -3.05. The van der Waals surface area contributed by atoms with Crippen molar-refractivity contribution in [3.63, 3.8) is 0 Å². The van der Waals surface area contributed by atoms with E-state index in [2.05, 4.69) is 4.98 Å². The number of nitrogens with zero attached hydrogens (tertiary/aromatic N) is 3. The zero-order valence-electron chi connectivity index (χ0n) is 13.0. The van der Waals surface area contributed by atoms with E-state index in [0.29, 0.717) is 18.1 Å². The first-order valence-corrected chi connectivity index (χ1v) is 8.82. The third-order valence-corrected chi connectivity index (χ3v) is 5.61. The lowest BCUT2D eigenvalue weighted by molar-refractivity contribution is -0.119. The second-order valence-corrected chi connectivity index (χ2v) is 7.69. The molecule has 0 spiro atoms. The average Bonchev–Trinajstić information content (AvgIpc) is 2.50. The number of hydrogen-bond acceptors (Lipinski definition) is 6. The number of sulfone groups is 1. The number of anilines is 1. The summed E-state index contributed by atoms with van der Waals surface area (Å²) in [6, 6.07) is 3.13. The number of carbonyl (C=O) groups excluding carboxylic acids is 1.